The fourth-order valence-corrected chi connectivity index (χ4v) is 8.43. The molecule has 1 aromatic carbocycles. The number of carboxylic acids is 1. The summed E-state index contributed by atoms with van der Waals surface area (Å²) in [5.74, 6) is -3.65. The highest BCUT2D eigenvalue weighted by Gasteiger charge is 2.85. The average molecular weight is 593 g/mol. The summed E-state index contributed by atoms with van der Waals surface area (Å²) in [5, 5.41) is 21.4. The number of ether oxygens (including phenoxy) is 4. The molecule has 7 rings (SSSR count). The fraction of sp³-hybridized carbons (Fsp3) is 0.559. The van der Waals surface area contributed by atoms with Crippen molar-refractivity contribution in [2.75, 3.05) is 7.11 Å². The summed E-state index contributed by atoms with van der Waals surface area (Å²) >= 11 is 0. The number of fused-ring (bicyclic) bond motifs is 2. The van der Waals surface area contributed by atoms with Gasteiger partial charge in [0.05, 0.1) is 23.2 Å². The van der Waals surface area contributed by atoms with Gasteiger partial charge in [-0.05, 0) is 53.2 Å². The molecule has 1 aromatic rings. The Bertz CT molecular complexity index is 1560. The summed E-state index contributed by atoms with van der Waals surface area (Å²) in [7, 11) is 1.47. The number of hydrogen-bond acceptors (Lipinski definition) is 8. The van der Waals surface area contributed by atoms with E-state index in [-0.39, 0.29) is 34.8 Å². The normalized spacial score (nSPS) is 34.6. The second kappa shape index (κ2) is 8.82. The summed E-state index contributed by atoms with van der Waals surface area (Å²) in [4.78, 5) is 41.3. The van der Waals surface area contributed by atoms with Crippen molar-refractivity contribution in [1.29, 1.82) is 0 Å². The largest absolute Gasteiger partial charge is 0.506 e. The molecule has 4 fully saturated rings. The van der Waals surface area contributed by atoms with Crippen molar-refractivity contribution in [2.45, 2.75) is 95.2 Å². The van der Waals surface area contributed by atoms with Gasteiger partial charge in [-0.3, -0.25) is 9.59 Å². The van der Waals surface area contributed by atoms with E-state index < -0.39 is 63.4 Å². The smallest absolute Gasteiger partial charge is 0.330 e. The number of carboxylic acid groups (broad SMARTS) is 1. The second-order valence-corrected chi connectivity index (χ2v) is 14.3. The Morgan fingerprint density at radius 1 is 1.19 bits per heavy atom. The molecule has 1 spiro atoms. The molecule has 3 aliphatic carbocycles. The molecular formula is C34H40O9. The molecule has 6 aliphatic rings. The van der Waals surface area contributed by atoms with Crippen molar-refractivity contribution < 1.29 is 43.5 Å². The van der Waals surface area contributed by atoms with Crippen LogP contribution in [0.5, 0.6) is 17.2 Å². The number of allylic oxidation sites excluding steroid dienone is 1. The molecule has 3 aliphatic heterocycles. The maximum atomic E-state index is 14.9. The summed E-state index contributed by atoms with van der Waals surface area (Å²) < 4.78 is 26.3. The molecular weight excluding hydrogens is 552 g/mol. The first-order valence-electron chi connectivity index (χ1n) is 14.8. The topological polar surface area (TPSA) is 129 Å². The summed E-state index contributed by atoms with van der Waals surface area (Å²) in [6.07, 6.45) is 6.24. The number of ketones is 2. The Hall–Kier alpha value is -3.43. The summed E-state index contributed by atoms with van der Waals surface area (Å²) in [6, 6.07) is 0. The second-order valence-electron chi connectivity index (χ2n) is 14.3. The maximum absolute atomic E-state index is 14.9. The van der Waals surface area contributed by atoms with Crippen molar-refractivity contribution in [2.24, 2.45) is 17.8 Å². The van der Waals surface area contributed by atoms with Gasteiger partial charge >= 0.3 is 5.97 Å². The number of carbonyl (C=O) groups is 3. The van der Waals surface area contributed by atoms with E-state index in [0.717, 1.165) is 0 Å². The number of aromatic hydroxyl groups is 1. The minimum atomic E-state index is -1.67. The third kappa shape index (κ3) is 3.55. The van der Waals surface area contributed by atoms with Crippen LogP contribution in [0.4, 0.5) is 0 Å². The molecule has 4 bridgehead atoms. The molecule has 1 saturated heterocycles. The number of phenols is 1. The van der Waals surface area contributed by atoms with Crippen LogP contribution in [0.2, 0.25) is 0 Å². The van der Waals surface area contributed by atoms with Gasteiger partial charge in [0.2, 0.25) is 0 Å². The van der Waals surface area contributed by atoms with E-state index in [1.54, 1.807) is 12.2 Å². The number of rotatable bonds is 6. The van der Waals surface area contributed by atoms with Gasteiger partial charge < -0.3 is 29.2 Å². The predicted octanol–water partition coefficient (Wildman–Crippen LogP) is 5.17. The van der Waals surface area contributed by atoms with Crippen LogP contribution in [0, 0.1) is 17.8 Å². The molecule has 9 heteroatoms. The lowest BCUT2D eigenvalue weighted by Crippen LogP contribution is -2.80. The zero-order chi connectivity index (χ0) is 31.7. The molecule has 0 amide bonds. The minimum Gasteiger partial charge on any atom is -0.506 e. The number of Topliss-reactive ketones (excluding diaryl/α,β-unsaturated/α-hetero) is 2. The lowest BCUT2D eigenvalue weighted by atomic mass is 9.45. The minimum absolute atomic E-state index is 0.0129. The summed E-state index contributed by atoms with van der Waals surface area (Å²) in [6.45, 7) is 16.9. The van der Waals surface area contributed by atoms with Gasteiger partial charge in [-0.25, -0.2) is 4.79 Å². The van der Waals surface area contributed by atoms with Crippen molar-refractivity contribution in [1.82, 2.24) is 0 Å². The van der Waals surface area contributed by atoms with Crippen molar-refractivity contribution in [3.63, 3.8) is 0 Å². The van der Waals surface area contributed by atoms with Crippen LogP contribution < -0.4 is 9.47 Å². The number of carbonyl (C=O) groups excluding carboxylic acids is 2. The van der Waals surface area contributed by atoms with Crippen molar-refractivity contribution >= 4 is 23.6 Å². The van der Waals surface area contributed by atoms with E-state index >= 15 is 0 Å². The SMILES string of the molecule is C=CC(C)(C)c1c2c(c(O)c3c1O[C@]14[C@H](C3=O)[C@@H](OC)[C@H]3C[C@H]1C(C)(C)O[C@@]4(C/C=C(\C)C(=O)O)C3=O)C=CC(C)(C)O2. The van der Waals surface area contributed by atoms with Crippen LogP contribution in [0.3, 0.4) is 0 Å². The molecule has 2 N–H and O–H groups in total. The zero-order valence-electron chi connectivity index (χ0n) is 26.0. The molecule has 0 aromatic heterocycles. The van der Waals surface area contributed by atoms with E-state index in [2.05, 4.69) is 6.58 Å². The van der Waals surface area contributed by atoms with E-state index in [4.69, 9.17) is 18.9 Å². The standard InChI is InChI=1S/C34H40O9/c1-10-30(3,4)22-26-17(12-13-31(5,6)41-26)23(35)20-24(36)21-25(40-9)18-15-19-32(7,8)43-33(28(18)37,14-11-16(2)29(38)39)34(19,21)42-27(20)22/h10-13,18-19,21,25,35H,1,14-15H2,2-9H3,(H,38,39)/b16-11+/t18-,19+,21-,25+,33+,34+/m1/s1. The third-order valence-corrected chi connectivity index (χ3v) is 10.5. The monoisotopic (exact) mass is 592 g/mol. The first-order chi connectivity index (χ1) is 19.9. The van der Waals surface area contributed by atoms with Gasteiger partial charge in [-0.2, -0.15) is 0 Å². The number of benzene rings is 1. The summed E-state index contributed by atoms with van der Waals surface area (Å²) in [5.41, 5.74) is -4.68. The Morgan fingerprint density at radius 2 is 1.86 bits per heavy atom. The Labute approximate surface area is 251 Å². The number of hydrogen-bond donors (Lipinski definition) is 2. The highest BCUT2D eigenvalue weighted by atomic mass is 16.6. The van der Waals surface area contributed by atoms with E-state index in [9.17, 15) is 24.6 Å². The lowest BCUT2D eigenvalue weighted by Gasteiger charge is -2.62. The van der Waals surface area contributed by atoms with Crippen molar-refractivity contribution in [3.05, 3.63) is 47.1 Å². The van der Waals surface area contributed by atoms with Gasteiger partial charge in [-0.1, -0.05) is 26.0 Å². The third-order valence-electron chi connectivity index (χ3n) is 10.5. The Kier molecular flexibility index (Phi) is 6.08. The van der Waals surface area contributed by atoms with Crippen LogP contribution in [-0.2, 0) is 24.5 Å². The predicted molar refractivity (Wildman–Crippen MR) is 158 cm³/mol. The molecule has 3 heterocycles. The lowest BCUT2D eigenvalue weighted by molar-refractivity contribution is -0.224. The average Bonchev–Trinajstić information content (AvgIpc) is 3.06. The fourth-order valence-electron chi connectivity index (χ4n) is 8.43. The quantitative estimate of drug-likeness (QED) is 0.339. The molecule has 6 atom stereocenters. The van der Waals surface area contributed by atoms with Crippen LogP contribution in [0.25, 0.3) is 6.08 Å². The van der Waals surface area contributed by atoms with Crippen LogP contribution in [0.1, 0.15) is 82.8 Å². The van der Waals surface area contributed by atoms with Crippen LogP contribution in [0.15, 0.2) is 30.4 Å². The van der Waals surface area contributed by atoms with Crippen LogP contribution >= 0.6 is 0 Å². The molecule has 9 nitrogen and oxygen atoms in total. The number of phenolic OH excluding ortho intramolecular Hbond substituents is 1. The van der Waals surface area contributed by atoms with Crippen LogP contribution in [-0.4, -0.2) is 63.4 Å². The maximum Gasteiger partial charge on any atom is 0.330 e. The highest BCUT2D eigenvalue weighted by molar-refractivity contribution is 6.10. The van der Waals surface area contributed by atoms with E-state index in [1.165, 1.54) is 20.1 Å². The molecule has 230 valence electrons. The zero-order valence-corrected chi connectivity index (χ0v) is 26.0. The molecule has 0 unspecified atom stereocenters. The van der Waals surface area contributed by atoms with Gasteiger partial charge in [0, 0.05) is 41.9 Å². The first kappa shape index (κ1) is 29.6. The van der Waals surface area contributed by atoms with Crippen molar-refractivity contribution in [3.8, 4) is 17.2 Å². The van der Waals surface area contributed by atoms with Gasteiger partial charge in [0.15, 0.2) is 22.8 Å². The first-order valence-corrected chi connectivity index (χ1v) is 14.8. The van der Waals surface area contributed by atoms with E-state index in [0.29, 0.717) is 23.3 Å². The van der Waals surface area contributed by atoms with Gasteiger partial charge in [0.1, 0.15) is 28.4 Å². The number of aliphatic carboxylic acids is 1. The number of methoxy groups -OCH3 is 1. The van der Waals surface area contributed by atoms with E-state index in [1.807, 2.05) is 47.6 Å². The molecule has 0 radical (unpaired) electrons. The molecule has 43 heavy (non-hydrogen) atoms. The molecule has 3 saturated carbocycles. The Morgan fingerprint density at radius 3 is 2.47 bits per heavy atom. The highest BCUT2D eigenvalue weighted by Crippen LogP contribution is 2.71. The van der Waals surface area contributed by atoms with Gasteiger partial charge in [-0.15, -0.1) is 6.58 Å². The van der Waals surface area contributed by atoms with Gasteiger partial charge in [0.25, 0.3) is 0 Å². The Balaban J connectivity index is 1.72.